The molecule has 1 heterocycles. The normalized spacial score (nSPS) is 12.2. The van der Waals surface area contributed by atoms with Crippen LogP contribution in [-0.4, -0.2) is 30.2 Å². The lowest BCUT2D eigenvalue weighted by Gasteiger charge is -2.13. The van der Waals surface area contributed by atoms with Crippen LogP contribution < -0.4 is 16.6 Å². The largest absolute Gasteiger partial charge is 0.380 e. The molecule has 0 aliphatic heterocycles. The standard InChI is InChI=1S/C12H19N3O3/c1-3-15-8-9(4-5-12(15)17)14-11(16)6-10(7-13)18-2/h4-5,8,10H,3,6-7,13H2,1-2H3,(H,14,16). The third-order valence-electron chi connectivity index (χ3n) is 2.62. The first-order valence-electron chi connectivity index (χ1n) is 5.83. The number of methoxy groups -OCH3 is 1. The quantitative estimate of drug-likeness (QED) is 0.756. The number of hydrogen-bond donors (Lipinski definition) is 2. The highest BCUT2D eigenvalue weighted by Gasteiger charge is 2.11. The summed E-state index contributed by atoms with van der Waals surface area (Å²) in [6, 6.07) is 3.01. The van der Waals surface area contributed by atoms with E-state index in [4.69, 9.17) is 10.5 Å². The predicted octanol–water partition coefficient (Wildman–Crippen LogP) is 0.171. The van der Waals surface area contributed by atoms with Gasteiger partial charge in [-0.05, 0) is 13.0 Å². The van der Waals surface area contributed by atoms with E-state index in [1.54, 1.807) is 12.3 Å². The molecule has 6 nitrogen and oxygen atoms in total. The summed E-state index contributed by atoms with van der Waals surface area (Å²) in [7, 11) is 1.52. The third-order valence-corrected chi connectivity index (χ3v) is 2.62. The minimum absolute atomic E-state index is 0.0905. The SMILES string of the molecule is CCn1cc(NC(=O)CC(CN)OC)ccc1=O. The van der Waals surface area contributed by atoms with Crippen molar-refractivity contribution in [3.63, 3.8) is 0 Å². The Morgan fingerprint density at radius 2 is 2.28 bits per heavy atom. The van der Waals surface area contributed by atoms with Crippen molar-refractivity contribution < 1.29 is 9.53 Å². The molecule has 1 rings (SSSR count). The van der Waals surface area contributed by atoms with Gasteiger partial charge in [-0.1, -0.05) is 0 Å². The molecule has 0 saturated carbocycles. The number of rotatable bonds is 6. The number of hydrogen-bond acceptors (Lipinski definition) is 4. The number of nitrogens with one attached hydrogen (secondary N) is 1. The second-order valence-corrected chi connectivity index (χ2v) is 3.89. The first-order valence-corrected chi connectivity index (χ1v) is 5.83. The monoisotopic (exact) mass is 253 g/mol. The van der Waals surface area contributed by atoms with Crippen LogP contribution in [0.1, 0.15) is 13.3 Å². The predicted molar refractivity (Wildman–Crippen MR) is 69.5 cm³/mol. The fourth-order valence-electron chi connectivity index (χ4n) is 1.53. The molecule has 18 heavy (non-hydrogen) atoms. The van der Waals surface area contributed by atoms with Gasteiger partial charge in [0.1, 0.15) is 0 Å². The average molecular weight is 253 g/mol. The first-order chi connectivity index (χ1) is 8.60. The molecule has 0 aliphatic carbocycles. The topological polar surface area (TPSA) is 86.3 Å². The Balaban J connectivity index is 2.67. The summed E-state index contributed by atoms with van der Waals surface area (Å²) in [5, 5.41) is 2.71. The number of pyridine rings is 1. The maximum absolute atomic E-state index is 11.7. The van der Waals surface area contributed by atoms with Crippen LogP contribution in [0, 0.1) is 0 Å². The van der Waals surface area contributed by atoms with Gasteiger partial charge < -0.3 is 20.4 Å². The highest BCUT2D eigenvalue weighted by atomic mass is 16.5. The molecule has 0 radical (unpaired) electrons. The Labute approximate surface area is 106 Å². The highest BCUT2D eigenvalue weighted by molar-refractivity contribution is 5.90. The Morgan fingerprint density at radius 3 is 2.83 bits per heavy atom. The summed E-state index contributed by atoms with van der Waals surface area (Å²) < 4.78 is 6.55. The summed E-state index contributed by atoms with van der Waals surface area (Å²) in [5.41, 5.74) is 5.94. The average Bonchev–Trinajstić information content (AvgIpc) is 2.38. The molecular formula is C12H19N3O3. The summed E-state index contributed by atoms with van der Waals surface area (Å²) in [5.74, 6) is -0.186. The third kappa shape index (κ3) is 3.97. The van der Waals surface area contributed by atoms with E-state index in [2.05, 4.69) is 5.32 Å². The van der Waals surface area contributed by atoms with E-state index in [9.17, 15) is 9.59 Å². The van der Waals surface area contributed by atoms with Gasteiger partial charge in [-0.2, -0.15) is 0 Å². The number of carbonyl (C=O) groups is 1. The number of aromatic nitrogens is 1. The molecule has 100 valence electrons. The van der Waals surface area contributed by atoms with Crippen LogP contribution >= 0.6 is 0 Å². The molecule has 1 unspecified atom stereocenters. The van der Waals surface area contributed by atoms with Gasteiger partial charge in [0, 0.05) is 32.5 Å². The maximum Gasteiger partial charge on any atom is 0.250 e. The maximum atomic E-state index is 11.7. The fourth-order valence-corrected chi connectivity index (χ4v) is 1.53. The summed E-state index contributed by atoms with van der Waals surface area (Å²) in [4.78, 5) is 23.1. The zero-order valence-electron chi connectivity index (χ0n) is 10.7. The molecule has 3 N–H and O–H groups in total. The van der Waals surface area contributed by atoms with Crippen LogP contribution in [0.15, 0.2) is 23.1 Å². The van der Waals surface area contributed by atoms with Crippen molar-refractivity contribution in [2.24, 2.45) is 5.73 Å². The minimum Gasteiger partial charge on any atom is -0.380 e. The second-order valence-electron chi connectivity index (χ2n) is 3.89. The van der Waals surface area contributed by atoms with Gasteiger partial charge in [0.25, 0.3) is 5.56 Å². The molecule has 0 spiro atoms. The highest BCUT2D eigenvalue weighted by Crippen LogP contribution is 2.05. The van der Waals surface area contributed by atoms with Crippen molar-refractivity contribution in [1.29, 1.82) is 0 Å². The molecule has 0 aliphatic rings. The van der Waals surface area contributed by atoms with Crippen LogP contribution in [0.4, 0.5) is 5.69 Å². The lowest BCUT2D eigenvalue weighted by Crippen LogP contribution is -2.28. The number of ether oxygens (including phenoxy) is 1. The molecule has 0 bridgehead atoms. The Morgan fingerprint density at radius 1 is 1.56 bits per heavy atom. The van der Waals surface area contributed by atoms with Gasteiger partial charge in [-0.25, -0.2) is 0 Å². The van der Waals surface area contributed by atoms with Gasteiger partial charge in [-0.15, -0.1) is 0 Å². The molecule has 0 aromatic carbocycles. The van der Waals surface area contributed by atoms with E-state index in [1.807, 2.05) is 6.92 Å². The lowest BCUT2D eigenvalue weighted by atomic mass is 10.2. The van der Waals surface area contributed by atoms with Crippen molar-refractivity contribution in [3.05, 3.63) is 28.7 Å². The number of amides is 1. The Hall–Kier alpha value is -1.66. The van der Waals surface area contributed by atoms with Gasteiger partial charge in [0.15, 0.2) is 0 Å². The van der Waals surface area contributed by atoms with Gasteiger partial charge in [0.05, 0.1) is 18.2 Å². The molecule has 0 saturated heterocycles. The summed E-state index contributed by atoms with van der Waals surface area (Å²) in [6.07, 6.45) is 1.52. The summed E-state index contributed by atoms with van der Waals surface area (Å²) >= 11 is 0. The Kier molecular flexibility index (Phi) is 5.54. The van der Waals surface area contributed by atoms with E-state index in [0.29, 0.717) is 18.8 Å². The number of nitrogens with zero attached hydrogens (tertiary/aromatic N) is 1. The van der Waals surface area contributed by atoms with Crippen molar-refractivity contribution in [1.82, 2.24) is 4.57 Å². The van der Waals surface area contributed by atoms with E-state index >= 15 is 0 Å². The van der Waals surface area contributed by atoms with Crippen LogP contribution in [-0.2, 0) is 16.1 Å². The van der Waals surface area contributed by atoms with Crippen molar-refractivity contribution in [3.8, 4) is 0 Å². The van der Waals surface area contributed by atoms with Gasteiger partial charge in [-0.3, -0.25) is 9.59 Å². The second kappa shape index (κ2) is 6.93. The molecule has 6 heteroatoms. The van der Waals surface area contributed by atoms with E-state index in [0.717, 1.165) is 0 Å². The van der Waals surface area contributed by atoms with Crippen LogP contribution in [0.2, 0.25) is 0 Å². The van der Waals surface area contributed by atoms with E-state index < -0.39 is 0 Å². The number of nitrogens with two attached hydrogens (primary N) is 1. The zero-order chi connectivity index (χ0) is 13.5. The molecule has 1 amide bonds. The van der Waals surface area contributed by atoms with Crippen molar-refractivity contribution in [2.75, 3.05) is 19.0 Å². The number of carbonyl (C=O) groups excluding carboxylic acids is 1. The molecule has 1 aromatic heterocycles. The fraction of sp³-hybridized carbons (Fsp3) is 0.500. The first kappa shape index (κ1) is 14.4. The van der Waals surface area contributed by atoms with E-state index in [1.165, 1.54) is 17.7 Å². The lowest BCUT2D eigenvalue weighted by molar-refractivity contribution is -0.118. The van der Waals surface area contributed by atoms with Crippen molar-refractivity contribution >= 4 is 11.6 Å². The molecule has 0 fully saturated rings. The number of aryl methyl sites for hydroxylation is 1. The molecular weight excluding hydrogens is 234 g/mol. The zero-order valence-corrected chi connectivity index (χ0v) is 10.7. The van der Waals surface area contributed by atoms with Crippen molar-refractivity contribution in [2.45, 2.75) is 26.0 Å². The van der Waals surface area contributed by atoms with Crippen LogP contribution in [0.25, 0.3) is 0 Å². The molecule has 1 atom stereocenters. The number of anilines is 1. The smallest absolute Gasteiger partial charge is 0.250 e. The van der Waals surface area contributed by atoms with Gasteiger partial charge in [0.2, 0.25) is 5.91 Å². The van der Waals surface area contributed by atoms with Crippen LogP contribution in [0.3, 0.4) is 0 Å². The summed E-state index contributed by atoms with van der Waals surface area (Å²) in [6.45, 7) is 2.72. The Bertz CT molecular complexity index is 452. The van der Waals surface area contributed by atoms with Crippen LogP contribution in [0.5, 0.6) is 0 Å². The van der Waals surface area contributed by atoms with E-state index in [-0.39, 0.29) is 24.0 Å². The van der Waals surface area contributed by atoms with Gasteiger partial charge >= 0.3 is 0 Å². The molecule has 1 aromatic rings. The minimum atomic E-state index is -0.290.